The van der Waals surface area contributed by atoms with Gasteiger partial charge in [-0.25, -0.2) is 0 Å². The monoisotopic (exact) mass is 229 g/mol. The number of hydrogen-bond acceptors (Lipinski definition) is 4. The van der Waals surface area contributed by atoms with E-state index in [-0.39, 0.29) is 6.04 Å². The van der Waals surface area contributed by atoms with Gasteiger partial charge in [-0.15, -0.1) is 11.3 Å². The lowest BCUT2D eigenvalue weighted by Gasteiger charge is -2.21. The Hall–Kier alpha value is -0.910. The largest absolute Gasteiger partial charge is 0.480 e. The molecule has 3 N–H and O–H groups in total. The zero-order valence-electron chi connectivity index (χ0n) is 8.68. The molecule has 0 fully saturated rings. The third-order valence-electron chi connectivity index (χ3n) is 2.19. The Morgan fingerprint density at radius 2 is 2.20 bits per heavy atom. The number of aliphatic hydroxyl groups excluding tert-OH is 1. The molecule has 0 saturated heterocycles. The van der Waals surface area contributed by atoms with Crippen molar-refractivity contribution in [1.29, 1.82) is 0 Å². The number of hydrogen-bond donors (Lipinski definition) is 3. The molecule has 1 heterocycles. The summed E-state index contributed by atoms with van der Waals surface area (Å²) in [6, 6.07) is 2.75. The molecule has 15 heavy (non-hydrogen) atoms. The zero-order valence-corrected chi connectivity index (χ0v) is 9.49. The first-order valence-electron chi connectivity index (χ1n) is 4.72. The minimum absolute atomic E-state index is 0.283. The second kappa shape index (κ2) is 5.25. The molecule has 0 aliphatic heterocycles. The van der Waals surface area contributed by atoms with E-state index in [9.17, 15) is 9.90 Å². The SMILES string of the molecule is CC(NC(C)C(O)c1cccs1)C(=O)O. The molecule has 1 rings (SSSR count). The molecule has 1 aromatic rings. The fraction of sp³-hybridized carbons (Fsp3) is 0.500. The van der Waals surface area contributed by atoms with Crippen molar-refractivity contribution in [3.8, 4) is 0 Å². The zero-order chi connectivity index (χ0) is 11.4. The van der Waals surface area contributed by atoms with E-state index in [1.807, 2.05) is 17.5 Å². The van der Waals surface area contributed by atoms with E-state index < -0.39 is 18.1 Å². The van der Waals surface area contributed by atoms with Crippen molar-refractivity contribution in [3.05, 3.63) is 22.4 Å². The van der Waals surface area contributed by atoms with Crippen LogP contribution in [0.1, 0.15) is 24.8 Å². The van der Waals surface area contributed by atoms with Gasteiger partial charge in [-0.2, -0.15) is 0 Å². The highest BCUT2D eigenvalue weighted by atomic mass is 32.1. The lowest BCUT2D eigenvalue weighted by atomic mass is 10.1. The maximum absolute atomic E-state index is 10.6. The first-order chi connectivity index (χ1) is 7.02. The summed E-state index contributed by atoms with van der Waals surface area (Å²) < 4.78 is 0. The van der Waals surface area contributed by atoms with E-state index in [4.69, 9.17) is 5.11 Å². The number of thiophene rings is 1. The van der Waals surface area contributed by atoms with E-state index >= 15 is 0 Å². The van der Waals surface area contributed by atoms with Gasteiger partial charge in [0.05, 0.1) is 0 Å². The molecule has 0 spiro atoms. The minimum Gasteiger partial charge on any atom is -0.480 e. The number of carbonyl (C=O) groups is 1. The molecule has 0 saturated carbocycles. The van der Waals surface area contributed by atoms with Crippen LogP contribution >= 0.6 is 11.3 Å². The van der Waals surface area contributed by atoms with Crippen molar-refractivity contribution in [2.75, 3.05) is 0 Å². The van der Waals surface area contributed by atoms with Gasteiger partial charge in [0.15, 0.2) is 0 Å². The number of rotatable bonds is 5. The van der Waals surface area contributed by atoms with E-state index in [1.165, 1.54) is 11.3 Å². The average Bonchev–Trinajstić information content (AvgIpc) is 2.68. The van der Waals surface area contributed by atoms with Crippen LogP contribution < -0.4 is 5.32 Å². The summed E-state index contributed by atoms with van der Waals surface area (Å²) in [4.78, 5) is 11.4. The van der Waals surface area contributed by atoms with Crippen LogP contribution in [0.15, 0.2) is 17.5 Å². The highest BCUT2D eigenvalue weighted by Gasteiger charge is 2.21. The van der Waals surface area contributed by atoms with Gasteiger partial charge in [-0.1, -0.05) is 6.07 Å². The molecule has 0 bridgehead atoms. The number of carboxylic acids is 1. The fourth-order valence-electron chi connectivity index (χ4n) is 1.26. The molecule has 0 aliphatic carbocycles. The Bertz CT molecular complexity index is 312. The van der Waals surface area contributed by atoms with Crippen molar-refractivity contribution in [2.45, 2.75) is 32.0 Å². The third kappa shape index (κ3) is 3.30. The Kier molecular flexibility index (Phi) is 4.26. The smallest absolute Gasteiger partial charge is 0.320 e. The average molecular weight is 229 g/mol. The Labute approximate surface area is 92.6 Å². The fourth-order valence-corrected chi connectivity index (χ4v) is 2.08. The van der Waals surface area contributed by atoms with Gasteiger partial charge in [-0.05, 0) is 25.3 Å². The van der Waals surface area contributed by atoms with E-state index in [1.54, 1.807) is 13.8 Å². The van der Waals surface area contributed by atoms with Crippen LogP contribution in [-0.2, 0) is 4.79 Å². The summed E-state index contributed by atoms with van der Waals surface area (Å²) in [5.41, 5.74) is 0. The van der Waals surface area contributed by atoms with E-state index in [2.05, 4.69) is 5.32 Å². The summed E-state index contributed by atoms with van der Waals surface area (Å²) in [6.07, 6.45) is -0.660. The van der Waals surface area contributed by atoms with Crippen LogP contribution in [0, 0.1) is 0 Å². The van der Waals surface area contributed by atoms with Crippen LogP contribution in [-0.4, -0.2) is 28.3 Å². The van der Waals surface area contributed by atoms with Gasteiger partial charge < -0.3 is 10.2 Å². The standard InChI is InChI=1S/C10H15NO3S/c1-6(11-7(2)10(13)14)9(12)8-4-3-5-15-8/h3-7,9,11-12H,1-2H3,(H,13,14). The molecule has 0 amide bonds. The maximum atomic E-state index is 10.6. The normalized spacial score (nSPS) is 17.0. The molecule has 84 valence electrons. The molecule has 0 aliphatic rings. The molecule has 4 nitrogen and oxygen atoms in total. The molecule has 0 radical (unpaired) electrons. The summed E-state index contributed by atoms with van der Waals surface area (Å²) in [7, 11) is 0. The Morgan fingerprint density at radius 1 is 1.53 bits per heavy atom. The highest BCUT2D eigenvalue weighted by Crippen LogP contribution is 2.21. The van der Waals surface area contributed by atoms with E-state index in [0.717, 1.165) is 4.88 Å². The third-order valence-corrected chi connectivity index (χ3v) is 3.13. The van der Waals surface area contributed by atoms with Gasteiger partial charge >= 0.3 is 5.97 Å². The second-order valence-corrected chi connectivity index (χ2v) is 4.45. The highest BCUT2D eigenvalue weighted by molar-refractivity contribution is 7.10. The summed E-state index contributed by atoms with van der Waals surface area (Å²) in [5.74, 6) is -0.916. The van der Waals surface area contributed by atoms with Crippen molar-refractivity contribution in [2.24, 2.45) is 0 Å². The topological polar surface area (TPSA) is 69.6 Å². The van der Waals surface area contributed by atoms with Crippen molar-refractivity contribution in [1.82, 2.24) is 5.32 Å². The molecule has 5 heteroatoms. The molecule has 1 aromatic heterocycles. The van der Waals surface area contributed by atoms with Crippen LogP contribution in [0.5, 0.6) is 0 Å². The minimum atomic E-state index is -0.916. The van der Waals surface area contributed by atoms with Gasteiger partial charge in [-0.3, -0.25) is 10.1 Å². The summed E-state index contributed by atoms with van der Waals surface area (Å²) >= 11 is 1.46. The van der Waals surface area contributed by atoms with Crippen LogP contribution in [0.25, 0.3) is 0 Å². The van der Waals surface area contributed by atoms with Crippen molar-refractivity contribution >= 4 is 17.3 Å². The van der Waals surface area contributed by atoms with Crippen molar-refractivity contribution in [3.63, 3.8) is 0 Å². The van der Waals surface area contributed by atoms with Crippen molar-refractivity contribution < 1.29 is 15.0 Å². The summed E-state index contributed by atoms with van der Waals surface area (Å²) in [5, 5.41) is 23.3. The van der Waals surface area contributed by atoms with Gasteiger partial charge in [0.1, 0.15) is 12.1 Å². The predicted octanol–water partition coefficient (Wildman–Crippen LogP) is 1.23. The van der Waals surface area contributed by atoms with Crippen LogP contribution in [0.4, 0.5) is 0 Å². The lowest BCUT2D eigenvalue weighted by Crippen LogP contribution is -2.42. The first-order valence-corrected chi connectivity index (χ1v) is 5.60. The van der Waals surface area contributed by atoms with E-state index in [0.29, 0.717) is 0 Å². The summed E-state index contributed by atoms with van der Waals surface area (Å²) in [6.45, 7) is 3.32. The van der Waals surface area contributed by atoms with Crippen LogP contribution in [0.3, 0.4) is 0 Å². The molecule has 3 unspecified atom stereocenters. The number of nitrogens with one attached hydrogen (secondary N) is 1. The molecule has 3 atom stereocenters. The molecule has 0 aromatic carbocycles. The van der Waals surface area contributed by atoms with Gasteiger partial charge in [0.25, 0.3) is 0 Å². The Morgan fingerprint density at radius 3 is 2.67 bits per heavy atom. The van der Waals surface area contributed by atoms with Gasteiger partial charge in [0.2, 0.25) is 0 Å². The number of aliphatic carboxylic acids is 1. The second-order valence-electron chi connectivity index (χ2n) is 3.48. The van der Waals surface area contributed by atoms with Crippen LogP contribution in [0.2, 0.25) is 0 Å². The molecular formula is C10H15NO3S. The first kappa shape index (κ1) is 12.2. The maximum Gasteiger partial charge on any atom is 0.320 e. The predicted molar refractivity (Wildman–Crippen MR) is 59.0 cm³/mol. The number of carboxylic acid groups (broad SMARTS) is 1. The quantitative estimate of drug-likeness (QED) is 0.710. The van der Waals surface area contributed by atoms with Gasteiger partial charge in [0, 0.05) is 10.9 Å². The lowest BCUT2D eigenvalue weighted by molar-refractivity contribution is -0.139. The molecular weight excluding hydrogens is 214 g/mol. The Balaban J connectivity index is 2.54. The number of aliphatic hydroxyl groups is 1.